The van der Waals surface area contributed by atoms with Crippen LogP contribution in [0.4, 0.5) is 9.93 Å². The lowest BCUT2D eigenvalue weighted by Crippen LogP contribution is -2.30. The van der Waals surface area contributed by atoms with Crippen LogP contribution in [0.1, 0.15) is 29.5 Å². The van der Waals surface area contributed by atoms with E-state index in [1.807, 2.05) is 31.2 Å². The summed E-state index contributed by atoms with van der Waals surface area (Å²) < 4.78 is 10.3. The third-order valence-corrected chi connectivity index (χ3v) is 5.67. The largest absolute Gasteiger partial charge is 0.497 e. The second-order valence-electron chi connectivity index (χ2n) is 6.56. The summed E-state index contributed by atoms with van der Waals surface area (Å²) in [7, 11) is 1.63. The lowest BCUT2D eigenvalue weighted by Gasteiger charge is -2.18. The number of aryl methyl sites for hydroxylation is 1. The molecule has 1 aliphatic rings. The minimum atomic E-state index is -0.276. The molecule has 0 aliphatic heterocycles. The summed E-state index contributed by atoms with van der Waals surface area (Å²) in [6.45, 7) is 2.73. The van der Waals surface area contributed by atoms with Gasteiger partial charge in [0.2, 0.25) is 0 Å². The number of fused-ring (bicyclic) bond motifs is 1. The number of methoxy groups -OCH3 is 1. The monoisotopic (exact) mass is 403 g/mol. The summed E-state index contributed by atoms with van der Waals surface area (Å²) in [6, 6.07) is 7.49. The predicted molar refractivity (Wildman–Crippen MR) is 108 cm³/mol. The second kappa shape index (κ2) is 9.54. The standard InChI is InChI=1S/C20H25N3O4S/c1-3-27-18(24)14-6-9-16-17(12-14)28-20(22-16)23-19(25)21-11-10-13-4-7-15(26-2)8-5-13/h4-5,7-8,14H,3,6,9-12H2,1-2H3,(H2,21,22,23,25). The molecule has 0 saturated carbocycles. The molecular formula is C20H25N3O4S. The summed E-state index contributed by atoms with van der Waals surface area (Å²) in [5.74, 6) is 0.554. The third-order valence-electron chi connectivity index (χ3n) is 4.64. The second-order valence-corrected chi connectivity index (χ2v) is 7.64. The highest BCUT2D eigenvalue weighted by molar-refractivity contribution is 7.15. The maximum Gasteiger partial charge on any atom is 0.321 e. The topological polar surface area (TPSA) is 89.5 Å². The van der Waals surface area contributed by atoms with E-state index in [-0.39, 0.29) is 17.9 Å². The van der Waals surface area contributed by atoms with Crippen LogP contribution in [0, 0.1) is 5.92 Å². The molecule has 28 heavy (non-hydrogen) atoms. The van der Waals surface area contributed by atoms with Crippen LogP contribution in [0.25, 0.3) is 0 Å². The van der Waals surface area contributed by atoms with Gasteiger partial charge in [0.05, 0.1) is 25.3 Å². The van der Waals surface area contributed by atoms with Crippen LogP contribution in [0.15, 0.2) is 24.3 Å². The van der Waals surface area contributed by atoms with Gasteiger partial charge < -0.3 is 14.8 Å². The van der Waals surface area contributed by atoms with Crippen molar-refractivity contribution in [3.63, 3.8) is 0 Å². The first-order valence-electron chi connectivity index (χ1n) is 9.42. The molecular weight excluding hydrogens is 378 g/mol. The Morgan fingerprint density at radius 1 is 1.29 bits per heavy atom. The van der Waals surface area contributed by atoms with E-state index in [2.05, 4.69) is 15.6 Å². The Hall–Kier alpha value is -2.61. The normalized spacial score (nSPS) is 15.4. The number of carbonyl (C=O) groups is 2. The molecule has 1 aliphatic carbocycles. The van der Waals surface area contributed by atoms with Crippen molar-refractivity contribution >= 4 is 28.5 Å². The Morgan fingerprint density at radius 3 is 2.79 bits per heavy atom. The van der Waals surface area contributed by atoms with E-state index in [9.17, 15) is 9.59 Å². The lowest BCUT2D eigenvalue weighted by molar-refractivity contribution is -0.148. The van der Waals surface area contributed by atoms with Crippen molar-refractivity contribution in [3.8, 4) is 5.75 Å². The van der Waals surface area contributed by atoms with Crippen LogP contribution in [-0.4, -0.2) is 37.2 Å². The molecule has 2 N–H and O–H groups in total. The number of ether oxygens (including phenoxy) is 2. The lowest BCUT2D eigenvalue weighted by atomic mass is 9.91. The number of carbonyl (C=O) groups excluding carboxylic acids is 2. The van der Waals surface area contributed by atoms with Gasteiger partial charge in [-0.3, -0.25) is 10.1 Å². The highest BCUT2D eigenvalue weighted by Crippen LogP contribution is 2.32. The Morgan fingerprint density at radius 2 is 2.07 bits per heavy atom. The average molecular weight is 404 g/mol. The number of benzene rings is 1. The number of hydrogen-bond donors (Lipinski definition) is 2. The highest BCUT2D eigenvalue weighted by atomic mass is 32.1. The zero-order valence-corrected chi connectivity index (χ0v) is 16.9. The molecule has 8 heteroatoms. The number of amides is 2. The van der Waals surface area contributed by atoms with Crippen molar-refractivity contribution < 1.29 is 19.1 Å². The quantitative estimate of drug-likeness (QED) is 0.693. The number of hydrogen-bond acceptors (Lipinski definition) is 6. The summed E-state index contributed by atoms with van der Waals surface area (Å²) in [5, 5.41) is 6.20. The van der Waals surface area contributed by atoms with Crippen LogP contribution in [-0.2, 0) is 28.8 Å². The molecule has 0 fully saturated rings. The van der Waals surface area contributed by atoms with Crippen molar-refractivity contribution in [2.45, 2.75) is 32.6 Å². The van der Waals surface area contributed by atoms with Crippen molar-refractivity contribution in [3.05, 3.63) is 40.4 Å². The van der Waals surface area contributed by atoms with Gasteiger partial charge in [-0.15, -0.1) is 11.3 Å². The maximum atomic E-state index is 12.1. The molecule has 1 atom stereocenters. The molecule has 2 aromatic rings. The molecule has 7 nitrogen and oxygen atoms in total. The summed E-state index contributed by atoms with van der Waals surface area (Å²) in [4.78, 5) is 29.6. The van der Waals surface area contributed by atoms with Gasteiger partial charge in [-0.25, -0.2) is 9.78 Å². The van der Waals surface area contributed by atoms with Crippen LogP contribution >= 0.6 is 11.3 Å². The Balaban J connectivity index is 1.46. The van der Waals surface area contributed by atoms with Gasteiger partial charge in [0, 0.05) is 11.4 Å². The number of nitrogens with one attached hydrogen (secondary N) is 2. The van der Waals surface area contributed by atoms with Gasteiger partial charge in [0.15, 0.2) is 5.13 Å². The van der Waals surface area contributed by atoms with Gasteiger partial charge >= 0.3 is 12.0 Å². The molecule has 1 aromatic heterocycles. The molecule has 150 valence electrons. The molecule has 0 radical (unpaired) electrons. The van der Waals surface area contributed by atoms with Gasteiger partial charge in [-0.05, 0) is 50.3 Å². The molecule has 3 rings (SSSR count). The van der Waals surface area contributed by atoms with Gasteiger partial charge in [-0.1, -0.05) is 12.1 Å². The molecule has 1 aromatic carbocycles. The van der Waals surface area contributed by atoms with Crippen molar-refractivity contribution in [2.24, 2.45) is 5.92 Å². The molecule has 1 heterocycles. The van der Waals surface area contributed by atoms with E-state index >= 15 is 0 Å². The summed E-state index contributed by atoms with van der Waals surface area (Å²) in [5.41, 5.74) is 2.09. The minimum Gasteiger partial charge on any atom is -0.497 e. The Labute approximate surface area is 168 Å². The van der Waals surface area contributed by atoms with Gasteiger partial charge in [-0.2, -0.15) is 0 Å². The van der Waals surface area contributed by atoms with E-state index in [4.69, 9.17) is 9.47 Å². The van der Waals surface area contributed by atoms with Gasteiger partial charge in [0.25, 0.3) is 0 Å². The summed E-state index contributed by atoms with van der Waals surface area (Å²) >= 11 is 1.43. The van der Waals surface area contributed by atoms with Crippen LogP contribution in [0.3, 0.4) is 0 Å². The smallest absolute Gasteiger partial charge is 0.321 e. The number of nitrogens with zero attached hydrogens (tertiary/aromatic N) is 1. The number of anilines is 1. The van der Waals surface area contributed by atoms with Crippen molar-refractivity contribution in [2.75, 3.05) is 25.6 Å². The molecule has 1 unspecified atom stereocenters. The predicted octanol–water partition coefficient (Wildman–Crippen LogP) is 3.18. The molecule has 0 saturated heterocycles. The fraction of sp³-hybridized carbons (Fsp3) is 0.450. The van der Waals surface area contributed by atoms with E-state index in [1.54, 1.807) is 7.11 Å². The van der Waals surface area contributed by atoms with Crippen LogP contribution in [0.5, 0.6) is 5.75 Å². The fourth-order valence-corrected chi connectivity index (χ4v) is 4.23. The highest BCUT2D eigenvalue weighted by Gasteiger charge is 2.28. The maximum absolute atomic E-state index is 12.1. The zero-order valence-electron chi connectivity index (χ0n) is 16.1. The zero-order chi connectivity index (χ0) is 19.9. The first-order valence-corrected chi connectivity index (χ1v) is 10.2. The van der Waals surface area contributed by atoms with E-state index in [1.165, 1.54) is 11.3 Å². The Bertz CT molecular complexity index is 819. The number of rotatable bonds is 7. The summed E-state index contributed by atoms with van der Waals surface area (Å²) in [6.07, 6.45) is 2.83. The Kier molecular flexibility index (Phi) is 6.86. The first kappa shape index (κ1) is 20.1. The SMILES string of the molecule is CCOC(=O)C1CCc2nc(NC(=O)NCCc3ccc(OC)cc3)sc2C1. The van der Waals surface area contributed by atoms with Crippen LogP contribution < -0.4 is 15.4 Å². The molecule has 0 bridgehead atoms. The number of urea groups is 1. The first-order chi connectivity index (χ1) is 13.6. The van der Waals surface area contributed by atoms with E-state index in [0.717, 1.165) is 41.1 Å². The van der Waals surface area contributed by atoms with Crippen molar-refractivity contribution in [1.29, 1.82) is 0 Å². The number of esters is 1. The van der Waals surface area contributed by atoms with Crippen molar-refractivity contribution in [1.82, 2.24) is 10.3 Å². The van der Waals surface area contributed by atoms with Gasteiger partial charge in [0.1, 0.15) is 5.75 Å². The number of aromatic nitrogens is 1. The van der Waals surface area contributed by atoms with E-state index in [0.29, 0.717) is 24.7 Å². The van der Waals surface area contributed by atoms with E-state index < -0.39 is 0 Å². The molecule has 2 amide bonds. The molecule has 0 spiro atoms. The average Bonchev–Trinajstić information content (AvgIpc) is 3.10. The minimum absolute atomic E-state index is 0.112. The van der Waals surface area contributed by atoms with Crippen LogP contribution in [0.2, 0.25) is 0 Å². The third kappa shape index (κ3) is 5.22. The number of thiazole rings is 1. The fourth-order valence-electron chi connectivity index (χ4n) is 3.14.